The largest absolute Gasteiger partial charge is 0.477 e. The monoisotopic (exact) mass is 546 g/mol. The molecule has 0 aliphatic carbocycles. The van der Waals surface area contributed by atoms with Crippen LogP contribution >= 0.6 is 0 Å². The SMILES string of the molecule is N/C(=C\c1cccc2c1CCN2C(=O)c1cc2cc(N)ccc2[nH]1)C(=O)N1CCc2c1ccc1[nH]c(C(=O)O)cc21. The number of aromatic carboxylic acids is 1. The lowest BCUT2D eigenvalue weighted by Crippen LogP contribution is -2.33. The number of nitrogens with one attached hydrogen (secondary N) is 2. The van der Waals surface area contributed by atoms with Gasteiger partial charge in [0.2, 0.25) is 0 Å². The second-order valence-corrected chi connectivity index (χ2v) is 10.4. The fourth-order valence-electron chi connectivity index (χ4n) is 6.04. The zero-order valence-electron chi connectivity index (χ0n) is 21.9. The number of carboxylic acid groups (broad SMARTS) is 1. The standard InChI is InChI=1S/C31H26N6O4/c32-18-4-5-23-17(12-18)14-25(34-23)30(39)37-10-8-19-16(2-1-3-27(19)37)13-22(33)29(38)36-11-9-20-21-15-26(31(40)41)35-24(21)6-7-28(20)36/h1-7,12-15,34-35H,8-11,32-33H2,(H,40,41)/b22-13-. The van der Waals surface area contributed by atoms with E-state index in [1.165, 1.54) is 0 Å². The maximum absolute atomic E-state index is 13.5. The van der Waals surface area contributed by atoms with Crippen LogP contribution in [0.2, 0.25) is 0 Å². The van der Waals surface area contributed by atoms with Gasteiger partial charge < -0.3 is 36.3 Å². The number of fused-ring (bicyclic) bond motifs is 5. The topological polar surface area (TPSA) is 162 Å². The predicted octanol–water partition coefficient (Wildman–Crippen LogP) is 4.02. The van der Waals surface area contributed by atoms with Crippen molar-refractivity contribution in [3.05, 3.63) is 94.4 Å². The molecule has 41 heavy (non-hydrogen) atoms. The van der Waals surface area contributed by atoms with Crippen LogP contribution in [-0.4, -0.2) is 45.9 Å². The van der Waals surface area contributed by atoms with Crippen LogP contribution in [0.1, 0.15) is 37.7 Å². The van der Waals surface area contributed by atoms with E-state index < -0.39 is 5.97 Å². The molecule has 0 unspecified atom stereocenters. The minimum Gasteiger partial charge on any atom is -0.477 e. The molecule has 0 saturated heterocycles. The van der Waals surface area contributed by atoms with Crippen LogP contribution in [0.5, 0.6) is 0 Å². The number of hydrogen-bond acceptors (Lipinski definition) is 5. The summed E-state index contributed by atoms with van der Waals surface area (Å²) < 4.78 is 0. The van der Waals surface area contributed by atoms with Crippen molar-refractivity contribution in [1.82, 2.24) is 9.97 Å². The fourth-order valence-corrected chi connectivity index (χ4v) is 6.04. The number of hydrogen-bond donors (Lipinski definition) is 5. The molecule has 2 aliphatic heterocycles. The van der Waals surface area contributed by atoms with E-state index in [0.717, 1.165) is 49.9 Å². The highest BCUT2D eigenvalue weighted by molar-refractivity contribution is 6.12. The van der Waals surface area contributed by atoms with E-state index >= 15 is 0 Å². The Balaban J connectivity index is 1.16. The van der Waals surface area contributed by atoms with E-state index in [2.05, 4.69) is 9.97 Å². The van der Waals surface area contributed by atoms with Crippen molar-refractivity contribution < 1.29 is 19.5 Å². The van der Waals surface area contributed by atoms with Gasteiger partial charge in [0.05, 0.1) is 5.70 Å². The summed E-state index contributed by atoms with van der Waals surface area (Å²) in [6.07, 6.45) is 2.91. The zero-order chi connectivity index (χ0) is 28.4. The van der Waals surface area contributed by atoms with Crippen molar-refractivity contribution in [2.45, 2.75) is 12.8 Å². The van der Waals surface area contributed by atoms with Gasteiger partial charge in [-0.15, -0.1) is 0 Å². The third-order valence-electron chi connectivity index (χ3n) is 7.98. The highest BCUT2D eigenvalue weighted by Gasteiger charge is 2.30. The number of carboxylic acids is 1. The van der Waals surface area contributed by atoms with Gasteiger partial charge in [-0.05, 0) is 84.1 Å². The van der Waals surface area contributed by atoms with Gasteiger partial charge >= 0.3 is 5.97 Å². The maximum atomic E-state index is 13.5. The van der Waals surface area contributed by atoms with E-state index in [4.69, 9.17) is 11.5 Å². The number of nitrogen functional groups attached to an aromatic ring is 1. The number of aromatic nitrogens is 2. The molecular formula is C31H26N6O4. The number of benzene rings is 3. The summed E-state index contributed by atoms with van der Waals surface area (Å²) in [6, 6.07) is 18.1. The first-order valence-electron chi connectivity index (χ1n) is 13.3. The number of amides is 2. The lowest BCUT2D eigenvalue weighted by atomic mass is 10.0. The van der Waals surface area contributed by atoms with Gasteiger partial charge in [0.15, 0.2) is 0 Å². The molecule has 0 radical (unpaired) electrons. The Labute approximate surface area is 233 Å². The maximum Gasteiger partial charge on any atom is 0.352 e. The molecule has 204 valence electrons. The van der Waals surface area contributed by atoms with E-state index in [9.17, 15) is 19.5 Å². The van der Waals surface area contributed by atoms with Crippen LogP contribution in [0, 0.1) is 0 Å². The van der Waals surface area contributed by atoms with Gasteiger partial charge in [-0.1, -0.05) is 12.1 Å². The van der Waals surface area contributed by atoms with Crippen LogP contribution < -0.4 is 21.3 Å². The number of nitrogens with zero attached hydrogens (tertiary/aromatic N) is 2. The second kappa shape index (κ2) is 9.02. The van der Waals surface area contributed by atoms with E-state index in [-0.39, 0.29) is 23.2 Å². The zero-order valence-corrected chi connectivity index (χ0v) is 21.9. The van der Waals surface area contributed by atoms with Gasteiger partial charge in [-0.3, -0.25) is 9.59 Å². The molecule has 2 aromatic heterocycles. The number of carbonyl (C=O) groups is 3. The smallest absolute Gasteiger partial charge is 0.352 e. The lowest BCUT2D eigenvalue weighted by Gasteiger charge is -2.18. The molecule has 5 aromatic rings. The molecule has 7 rings (SSSR count). The van der Waals surface area contributed by atoms with Crippen LogP contribution in [0.15, 0.2) is 66.4 Å². The highest BCUT2D eigenvalue weighted by atomic mass is 16.4. The molecule has 2 aliphatic rings. The molecule has 10 heteroatoms. The molecule has 0 atom stereocenters. The Kier molecular flexibility index (Phi) is 5.40. The molecule has 0 bridgehead atoms. The molecule has 2 amide bonds. The summed E-state index contributed by atoms with van der Waals surface area (Å²) in [4.78, 5) is 47.8. The number of aromatic amines is 2. The Morgan fingerprint density at radius 1 is 0.829 bits per heavy atom. The first kappa shape index (κ1) is 24.5. The van der Waals surface area contributed by atoms with Crippen LogP contribution in [-0.2, 0) is 17.6 Å². The molecular weight excluding hydrogens is 520 g/mol. The van der Waals surface area contributed by atoms with Crippen molar-refractivity contribution in [2.24, 2.45) is 5.73 Å². The number of nitrogens with two attached hydrogens (primary N) is 2. The Hall–Kier alpha value is -5.51. The molecule has 0 fully saturated rings. The Bertz CT molecular complexity index is 1970. The first-order valence-corrected chi connectivity index (χ1v) is 13.3. The van der Waals surface area contributed by atoms with E-state index in [1.807, 2.05) is 42.5 Å². The molecule has 0 spiro atoms. The van der Waals surface area contributed by atoms with E-state index in [1.54, 1.807) is 34.1 Å². The summed E-state index contributed by atoms with van der Waals surface area (Å²) in [5.74, 6) is -1.49. The number of anilines is 3. The van der Waals surface area contributed by atoms with Crippen molar-refractivity contribution in [3.63, 3.8) is 0 Å². The van der Waals surface area contributed by atoms with E-state index in [0.29, 0.717) is 37.3 Å². The normalized spacial score (nSPS) is 14.6. The third-order valence-corrected chi connectivity index (χ3v) is 7.98. The van der Waals surface area contributed by atoms with Gasteiger partial charge in [0.25, 0.3) is 11.8 Å². The Morgan fingerprint density at radius 2 is 1.56 bits per heavy atom. The average molecular weight is 547 g/mol. The Morgan fingerprint density at radius 3 is 2.39 bits per heavy atom. The quantitative estimate of drug-likeness (QED) is 0.169. The van der Waals surface area contributed by atoms with Gasteiger partial charge in [0, 0.05) is 52.0 Å². The van der Waals surface area contributed by atoms with Crippen molar-refractivity contribution >= 4 is 62.7 Å². The summed E-state index contributed by atoms with van der Waals surface area (Å²) in [5.41, 5.74) is 19.3. The van der Waals surface area contributed by atoms with Crippen molar-refractivity contribution in [1.29, 1.82) is 0 Å². The van der Waals surface area contributed by atoms with Gasteiger partial charge in [0.1, 0.15) is 11.4 Å². The summed E-state index contributed by atoms with van der Waals surface area (Å²) in [5, 5.41) is 11.0. The number of rotatable bonds is 4. The average Bonchev–Trinajstić information content (AvgIpc) is 3.75. The van der Waals surface area contributed by atoms with Gasteiger partial charge in [-0.2, -0.15) is 0 Å². The lowest BCUT2D eigenvalue weighted by molar-refractivity contribution is -0.115. The molecule has 0 saturated carbocycles. The molecule has 7 N–H and O–H groups in total. The highest BCUT2D eigenvalue weighted by Crippen LogP contribution is 2.36. The van der Waals surface area contributed by atoms with Gasteiger partial charge in [-0.25, -0.2) is 4.79 Å². The molecule has 4 heterocycles. The first-order chi connectivity index (χ1) is 19.8. The number of carbonyl (C=O) groups excluding carboxylic acids is 2. The minimum atomic E-state index is -1.03. The molecule has 3 aromatic carbocycles. The molecule has 10 nitrogen and oxygen atoms in total. The van der Waals surface area contributed by atoms with Crippen LogP contribution in [0.4, 0.5) is 17.1 Å². The minimum absolute atomic E-state index is 0.0876. The number of H-pyrrole nitrogens is 2. The van der Waals surface area contributed by atoms with Crippen LogP contribution in [0.3, 0.4) is 0 Å². The van der Waals surface area contributed by atoms with Crippen molar-refractivity contribution in [2.75, 3.05) is 28.6 Å². The van der Waals surface area contributed by atoms with Crippen molar-refractivity contribution in [3.8, 4) is 0 Å². The second-order valence-electron chi connectivity index (χ2n) is 10.4. The summed E-state index contributed by atoms with van der Waals surface area (Å²) in [7, 11) is 0. The predicted molar refractivity (Wildman–Crippen MR) is 158 cm³/mol. The summed E-state index contributed by atoms with van der Waals surface area (Å²) >= 11 is 0. The third kappa shape index (κ3) is 3.91. The summed E-state index contributed by atoms with van der Waals surface area (Å²) in [6.45, 7) is 0.954. The van der Waals surface area contributed by atoms with Crippen LogP contribution in [0.25, 0.3) is 27.9 Å². The fraction of sp³-hybridized carbons (Fsp3) is 0.129.